The number of aromatic amines is 1. The van der Waals surface area contributed by atoms with E-state index >= 15 is 0 Å². The van der Waals surface area contributed by atoms with Crippen LogP contribution in [0.1, 0.15) is 11.1 Å². The number of benzene rings is 1. The van der Waals surface area contributed by atoms with Crippen LogP contribution < -0.4 is 11.2 Å². The molecule has 0 aliphatic rings. The molecule has 2 heterocycles. The van der Waals surface area contributed by atoms with Gasteiger partial charge in [0.15, 0.2) is 15.9 Å². The van der Waals surface area contributed by atoms with Crippen molar-refractivity contribution in [2.24, 2.45) is 7.05 Å². The third kappa shape index (κ3) is 2.23. The van der Waals surface area contributed by atoms with Gasteiger partial charge in [0.05, 0.1) is 6.54 Å². The second kappa shape index (κ2) is 5.00. The Balaban J connectivity index is 2.27. The van der Waals surface area contributed by atoms with E-state index in [2.05, 4.69) is 25.9 Å². The molecule has 0 radical (unpaired) electrons. The van der Waals surface area contributed by atoms with Crippen LogP contribution in [0.5, 0.6) is 0 Å². The van der Waals surface area contributed by atoms with Crippen LogP contribution in [-0.2, 0) is 13.6 Å². The van der Waals surface area contributed by atoms with Crippen molar-refractivity contribution in [3.63, 3.8) is 0 Å². The van der Waals surface area contributed by atoms with Crippen molar-refractivity contribution in [2.45, 2.75) is 13.5 Å². The van der Waals surface area contributed by atoms with E-state index in [1.54, 1.807) is 11.6 Å². The second-order valence-electron chi connectivity index (χ2n) is 4.88. The van der Waals surface area contributed by atoms with Gasteiger partial charge in [0.1, 0.15) is 0 Å². The van der Waals surface area contributed by atoms with Crippen LogP contribution in [0.15, 0.2) is 38.6 Å². The molecule has 6 nitrogen and oxygen atoms in total. The minimum Gasteiger partial charge on any atom is -0.308 e. The smallest absolute Gasteiger partial charge is 0.308 e. The number of rotatable bonds is 2. The first-order valence-electron chi connectivity index (χ1n) is 6.38. The van der Waals surface area contributed by atoms with E-state index in [0.29, 0.717) is 22.4 Å². The second-order valence-corrected chi connectivity index (χ2v) is 5.59. The van der Waals surface area contributed by atoms with Gasteiger partial charge >= 0.3 is 5.69 Å². The van der Waals surface area contributed by atoms with Crippen LogP contribution in [-0.4, -0.2) is 19.1 Å². The molecule has 0 amide bonds. The van der Waals surface area contributed by atoms with Gasteiger partial charge in [-0.15, -0.1) is 0 Å². The van der Waals surface area contributed by atoms with Gasteiger partial charge in [-0.1, -0.05) is 24.3 Å². The van der Waals surface area contributed by atoms with Gasteiger partial charge < -0.3 is 4.57 Å². The van der Waals surface area contributed by atoms with E-state index < -0.39 is 11.2 Å². The molecule has 0 spiro atoms. The maximum absolute atomic E-state index is 12.1. The summed E-state index contributed by atoms with van der Waals surface area (Å²) in [7, 11) is 1.58. The lowest BCUT2D eigenvalue weighted by molar-refractivity contribution is 0.787. The highest BCUT2D eigenvalue weighted by molar-refractivity contribution is 9.10. The van der Waals surface area contributed by atoms with Crippen LogP contribution >= 0.6 is 15.9 Å². The molecule has 0 bridgehead atoms. The first-order chi connectivity index (χ1) is 9.99. The predicted molar refractivity (Wildman–Crippen MR) is 83.6 cm³/mol. The van der Waals surface area contributed by atoms with Crippen molar-refractivity contribution in [3.8, 4) is 0 Å². The number of fused-ring (bicyclic) bond motifs is 1. The Labute approximate surface area is 128 Å². The molecular weight excluding hydrogens is 336 g/mol. The third-order valence-corrected chi connectivity index (χ3v) is 4.16. The molecule has 3 rings (SSSR count). The number of hydrogen-bond donors (Lipinski definition) is 1. The number of aryl methyl sites for hydroxylation is 2. The zero-order valence-corrected chi connectivity index (χ0v) is 13.1. The van der Waals surface area contributed by atoms with Crippen LogP contribution in [0.25, 0.3) is 11.2 Å². The fraction of sp³-hybridized carbons (Fsp3) is 0.214. The van der Waals surface area contributed by atoms with Gasteiger partial charge in [0.2, 0.25) is 0 Å². The molecule has 21 heavy (non-hydrogen) atoms. The Morgan fingerprint density at radius 1 is 1.29 bits per heavy atom. The molecule has 1 N–H and O–H groups in total. The quantitative estimate of drug-likeness (QED) is 0.714. The Kier molecular flexibility index (Phi) is 3.29. The Bertz CT molecular complexity index is 952. The number of nitrogens with one attached hydrogen (secondary N) is 1. The lowest BCUT2D eigenvalue weighted by Crippen LogP contribution is -2.29. The number of aromatic nitrogens is 4. The first-order valence-corrected chi connectivity index (χ1v) is 7.18. The lowest BCUT2D eigenvalue weighted by Gasteiger charge is -2.08. The fourth-order valence-corrected chi connectivity index (χ4v) is 2.78. The van der Waals surface area contributed by atoms with E-state index in [-0.39, 0.29) is 0 Å². The summed E-state index contributed by atoms with van der Waals surface area (Å²) >= 11 is 3.37. The van der Waals surface area contributed by atoms with Crippen LogP contribution in [0, 0.1) is 6.92 Å². The molecule has 0 fully saturated rings. The average molecular weight is 349 g/mol. The van der Waals surface area contributed by atoms with Gasteiger partial charge in [0.25, 0.3) is 5.56 Å². The summed E-state index contributed by atoms with van der Waals surface area (Å²) in [6.45, 7) is 2.52. The van der Waals surface area contributed by atoms with E-state index in [9.17, 15) is 9.59 Å². The summed E-state index contributed by atoms with van der Waals surface area (Å²) in [6.07, 6.45) is 0. The summed E-state index contributed by atoms with van der Waals surface area (Å²) in [4.78, 5) is 30.3. The van der Waals surface area contributed by atoms with E-state index in [0.717, 1.165) is 11.1 Å². The lowest BCUT2D eigenvalue weighted by atomic mass is 10.1. The zero-order chi connectivity index (χ0) is 15.1. The van der Waals surface area contributed by atoms with E-state index in [1.807, 2.05) is 31.2 Å². The molecule has 108 valence electrons. The third-order valence-electron chi connectivity index (χ3n) is 3.55. The average Bonchev–Trinajstić information content (AvgIpc) is 2.77. The van der Waals surface area contributed by atoms with Crippen LogP contribution in [0.4, 0.5) is 0 Å². The SMILES string of the molecule is Cc1ccccc1Cn1c(Br)nc2c1c(=O)[nH]c(=O)n2C. The highest BCUT2D eigenvalue weighted by Gasteiger charge is 2.16. The molecule has 0 aliphatic carbocycles. The summed E-state index contributed by atoms with van der Waals surface area (Å²) < 4.78 is 3.61. The minimum absolute atomic E-state index is 0.365. The number of imidazole rings is 1. The summed E-state index contributed by atoms with van der Waals surface area (Å²) in [6, 6.07) is 7.94. The fourth-order valence-electron chi connectivity index (χ4n) is 2.31. The minimum atomic E-state index is -0.472. The summed E-state index contributed by atoms with van der Waals surface area (Å²) in [5.41, 5.74) is 2.06. The summed E-state index contributed by atoms with van der Waals surface area (Å²) in [5.74, 6) is 0. The van der Waals surface area contributed by atoms with Gasteiger partial charge in [-0.05, 0) is 34.0 Å². The molecule has 3 aromatic rings. The van der Waals surface area contributed by atoms with Gasteiger partial charge in [-0.3, -0.25) is 14.3 Å². The van der Waals surface area contributed by atoms with Crippen molar-refractivity contribution in [1.29, 1.82) is 0 Å². The Hall–Kier alpha value is -2.15. The molecule has 1 aromatic carbocycles. The number of nitrogens with zero attached hydrogens (tertiary/aromatic N) is 3. The standard InChI is InChI=1S/C14H13BrN4O2/c1-8-5-3-4-6-9(8)7-19-10-11(16-13(19)15)18(2)14(21)17-12(10)20/h3-6H,7H2,1-2H3,(H,17,20,21). The maximum atomic E-state index is 12.1. The van der Waals surface area contributed by atoms with Crippen molar-refractivity contribution in [1.82, 2.24) is 19.1 Å². The molecule has 0 atom stereocenters. The summed E-state index contributed by atoms with van der Waals surface area (Å²) in [5, 5.41) is 0. The highest BCUT2D eigenvalue weighted by atomic mass is 79.9. The normalized spacial score (nSPS) is 11.2. The van der Waals surface area contributed by atoms with Gasteiger partial charge in [-0.2, -0.15) is 0 Å². The molecule has 0 aliphatic heterocycles. The van der Waals surface area contributed by atoms with Crippen molar-refractivity contribution in [2.75, 3.05) is 0 Å². The number of halogens is 1. The largest absolute Gasteiger partial charge is 0.329 e. The van der Waals surface area contributed by atoms with Crippen LogP contribution in [0.3, 0.4) is 0 Å². The Morgan fingerprint density at radius 2 is 2.00 bits per heavy atom. The van der Waals surface area contributed by atoms with Crippen LogP contribution in [0.2, 0.25) is 0 Å². The Morgan fingerprint density at radius 3 is 2.71 bits per heavy atom. The molecular formula is C14H13BrN4O2. The highest BCUT2D eigenvalue weighted by Crippen LogP contribution is 2.19. The maximum Gasteiger partial charge on any atom is 0.329 e. The predicted octanol–water partition coefficient (Wildman–Crippen LogP) is 1.54. The van der Waals surface area contributed by atoms with Crippen molar-refractivity contribution < 1.29 is 0 Å². The molecule has 7 heteroatoms. The molecule has 0 saturated heterocycles. The number of H-pyrrole nitrogens is 1. The van der Waals surface area contributed by atoms with E-state index in [1.165, 1.54) is 4.57 Å². The number of hydrogen-bond acceptors (Lipinski definition) is 3. The first kappa shape index (κ1) is 13.8. The van der Waals surface area contributed by atoms with Gasteiger partial charge in [-0.25, -0.2) is 9.78 Å². The topological polar surface area (TPSA) is 72.7 Å². The van der Waals surface area contributed by atoms with E-state index in [4.69, 9.17) is 0 Å². The monoisotopic (exact) mass is 348 g/mol. The molecule has 2 aromatic heterocycles. The molecule has 0 unspecified atom stereocenters. The van der Waals surface area contributed by atoms with Gasteiger partial charge in [0, 0.05) is 7.05 Å². The van der Waals surface area contributed by atoms with Crippen molar-refractivity contribution in [3.05, 3.63) is 61.0 Å². The van der Waals surface area contributed by atoms with Crippen molar-refractivity contribution >= 4 is 27.1 Å². The molecule has 0 saturated carbocycles. The zero-order valence-electron chi connectivity index (χ0n) is 11.6.